The van der Waals surface area contributed by atoms with Crippen molar-refractivity contribution in [3.05, 3.63) is 0 Å². The standard InChI is InChI=1S/C18H34N2O2/c1-12(2)9-18(6,16(19)22)20-15(21)8-14-7-13(3)10-17(4,5)11-14/h12-14H,7-11H2,1-6H3,(H2,19,22)(H,20,21). The first-order valence-electron chi connectivity index (χ1n) is 8.54. The minimum atomic E-state index is -0.943. The second-order valence-corrected chi connectivity index (χ2v) is 8.83. The average molecular weight is 310 g/mol. The molecule has 2 amide bonds. The van der Waals surface area contributed by atoms with E-state index in [1.807, 2.05) is 13.8 Å². The summed E-state index contributed by atoms with van der Waals surface area (Å²) >= 11 is 0. The van der Waals surface area contributed by atoms with Gasteiger partial charge in [0.2, 0.25) is 11.8 Å². The highest BCUT2D eigenvalue weighted by atomic mass is 16.2. The molecule has 0 bridgehead atoms. The molecule has 3 atom stereocenters. The van der Waals surface area contributed by atoms with Crippen LogP contribution in [0.2, 0.25) is 0 Å². The van der Waals surface area contributed by atoms with Gasteiger partial charge in [-0.1, -0.05) is 34.6 Å². The molecule has 22 heavy (non-hydrogen) atoms. The first-order chi connectivity index (χ1) is 9.93. The van der Waals surface area contributed by atoms with Crippen molar-refractivity contribution >= 4 is 11.8 Å². The molecule has 0 saturated heterocycles. The van der Waals surface area contributed by atoms with E-state index in [9.17, 15) is 9.59 Å². The summed E-state index contributed by atoms with van der Waals surface area (Å²) in [6.07, 6.45) is 4.45. The van der Waals surface area contributed by atoms with E-state index in [0.29, 0.717) is 36.0 Å². The first-order valence-corrected chi connectivity index (χ1v) is 8.54. The predicted octanol–water partition coefficient (Wildman–Crippen LogP) is 3.25. The Balaban J connectivity index is 2.66. The van der Waals surface area contributed by atoms with E-state index in [0.717, 1.165) is 12.8 Å². The third-order valence-electron chi connectivity index (χ3n) is 4.73. The molecular weight excluding hydrogens is 276 g/mol. The molecule has 1 rings (SSSR count). The Morgan fingerprint density at radius 1 is 1.32 bits per heavy atom. The predicted molar refractivity (Wildman–Crippen MR) is 90.1 cm³/mol. The van der Waals surface area contributed by atoms with Crippen molar-refractivity contribution in [2.45, 2.75) is 79.2 Å². The summed E-state index contributed by atoms with van der Waals surface area (Å²) < 4.78 is 0. The fourth-order valence-corrected chi connectivity index (χ4v) is 4.35. The lowest BCUT2D eigenvalue weighted by Gasteiger charge is -2.39. The van der Waals surface area contributed by atoms with E-state index in [1.165, 1.54) is 6.42 Å². The molecule has 1 aliphatic rings. The van der Waals surface area contributed by atoms with E-state index in [-0.39, 0.29) is 5.91 Å². The minimum absolute atomic E-state index is 0.0446. The number of amides is 2. The molecule has 0 aliphatic heterocycles. The van der Waals surface area contributed by atoms with Crippen molar-refractivity contribution in [3.63, 3.8) is 0 Å². The fraction of sp³-hybridized carbons (Fsp3) is 0.889. The van der Waals surface area contributed by atoms with E-state index in [1.54, 1.807) is 6.92 Å². The van der Waals surface area contributed by atoms with Gasteiger partial charge in [-0.05, 0) is 55.8 Å². The summed E-state index contributed by atoms with van der Waals surface area (Å²) in [5.74, 6) is 0.852. The summed E-state index contributed by atoms with van der Waals surface area (Å²) in [7, 11) is 0. The molecule has 0 aromatic rings. The molecule has 3 N–H and O–H groups in total. The maximum Gasteiger partial charge on any atom is 0.242 e. The third kappa shape index (κ3) is 5.62. The van der Waals surface area contributed by atoms with E-state index >= 15 is 0 Å². The first kappa shape index (κ1) is 19.0. The molecule has 0 spiro atoms. The van der Waals surface area contributed by atoms with Gasteiger partial charge in [-0.15, -0.1) is 0 Å². The van der Waals surface area contributed by atoms with Crippen LogP contribution in [0.5, 0.6) is 0 Å². The Labute approximate surface area is 135 Å². The van der Waals surface area contributed by atoms with Crippen molar-refractivity contribution in [1.29, 1.82) is 0 Å². The summed E-state index contributed by atoms with van der Waals surface area (Å²) in [6.45, 7) is 12.6. The molecule has 1 fully saturated rings. The maximum atomic E-state index is 12.4. The molecule has 128 valence electrons. The summed E-state index contributed by atoms with van der Waals surface area (Å²) in [5, 5.41) is 2.90. The van der Waals surface area contributed by atoms with Crippen LogP contribution < -0.4 is 11.1 Å². The second-order valence-electron chi connectivity index (χ2n) is 8.83. The van der Waals surface area contributed by atoms with Gasteiger partial charge in [-0.25, -0.2) is 0 Å². The molecule has 4 nitrogen and oxygen atoms in total. The van der Waals surface area contributed by atoms with Crippen LogP contribution in [0.3, 0.4) is 0 Å². The smallest absolute Gasteiger partial charge is 0.242 e. The van der Waals surface area contributed by atoms with Crippen molar-refractivity contribution in [3.8, 4) is 0 Å². The number of rotatable bonds is 6. The molecule has 0 aromatic carbocycles. The van der Waals surface area contributed by atoms with Gasteiger partial charge in [0, 0.05) is 6.42 Å². The van der Waals surface area contributed by atoms with Gasteiger partial charge >= 0.3 is 0 Å². The highest BCUT2D eigenvalue weighted by Crippen LogP contribution is 2.42. The molecule has 0 radical (unpaired) electrons. The number of carbonyl (C=O) groups excluding carboxylic acids is 2. The molecular formula is C18H34N2O2. The van der Waals surface area contributed by atoms with Crippen LogP contribution in [-0.2, 0) is 9.59 Å². The summed E-state index contributed by atoms with van der Waals surface area (Å²) in [4.78, 5) is 24.2. The van der Waals surface area contributed by atoms with Crippen LogP contribution in [0.15, 0.2) is 0 Å². The molecule has 3 unspecified atom stereocenters. The number of hydrogen-bond acceptors (Lipinski definition) is 2. The van der Waals surface area contributed by atoms with Crippen LogP contribution in [0.4, 0.5) is 0 Å². The average Bonchev–Trinajstić information content (AvgIpc) is 2.23. The monoisotopic (exact) mass is 310 g/mol. The number of nitrogens with two attached hydrogens (primary N) is 1. The van der Waals surface area contributed by atoms with Gasteiger partial charge in [0.1, 0.15) is 5.54 Å². The molecule has 0 heterocycles. The fourth-order valence-electron chi connectivity index (χ4n) is 4.35. The lowest BCUT2D eigenvalue weighted by atomic mass is 9.67. The van der Waals surface area contributed by atoms with Gasteiger partial charge < -0.3 is 11.1 Å². The normalized spacial score (nSPS) is 27.2. The van der Waals surface area contributed by atoms with Crippen molar-refractivity contribution in [1.82, 2.24) is 5.32 Å². The van der Waals surface area contributed by atoms with Crippen LogP contribution in [0.25, 0.3) is 0 Å². The zero-order valence-corrected chi connectivity index (χ0v) is 15.2. The highest BCUT2D eigenvalue weighted by molar-refractivity contribution is 5.90. The van der Waals surface area contributed by atoms with Crippen LogP contribution >= 0.6 is 0 Å². The number of carbonyl (C=O) groups is 2. The van der Waals surface area contributed by atoms with Gasteiger partial charge in [0.15, 0.2) is 0 Å². The van der Waals surface area contributed by atoms with Crippen molar-refractivity contribution in [2.75, 3.05) is 0 Å². The molecule has 1 saturated carbocycles. The lowest BCUT2D eigenvalue weighted by Crippen LogP contribution is -2.56. The second kappa shape index (κ2) is 7.01. The maximum absolute atomic E-state index is 12.4. The topological polar surface area (TPSA) is 72.2 Å². The van der Waals surface area contributed by atoms with Crippen LogP contribution in [-0.4, -0.2) is 17.4 Å². The SMILES string of the molecule is CC(C)CC(C)(NC(=O)CC1CC(C)CC(C)(C)C1)C(N)=O. The Hall–Kier alpha value is -1.06. The Morgan fingerprint density at radius 2 is 1.91 bits per heavy atom. The van der Waals surface area contributed by atoms with Gasteiger partial charge in [0.25, 0.3) is 0 Å². The van der Waals surface area contributed by atoms with Crippen LogP contribution in [0.1, 0.15) is 73.6 Å². The van der Waals surface area contributed by atoms with Crippen molar-refractivity contribution in [2.24, 2.45) is 28.9 Å². The summed E-state index contributed by atoms with van der Waals surface area (Å²) in [6, 6.07) is 0. The third-order valence-corrected chi connectivity index (χ3v) is 4.73. The lowest BCUT2D eigenvalue weighted by molar-refractivity contribution is -0.132. The Morgan fingerprint density at radius 3 is 2.36 bits per heavy atom. The van der Waals surface area contributed by atoms with E-state index in [4.69, 9.17) is 5.73 Å². The van der Waals surface area contributed by atoms with E-state index < -0.39 is 11.4 Å². The minimum Gasteiger partial charge on any atom is -0.368 e. The molecule has 4 heteroatoms. The van der Waals surface area contributed by atoms with Gasteiger partial charge in [-0.3, -0.25) is 9.59 Å². The van der Waals surface area contributed by atoms with E-state index in [2.05, 4.69) is 26.1 Å². The summed E-state index contributed by atoms with van der Waals surface area (Å²) in [5.41, 5.74) is 4.87. The van der Waals surface area contributed by atoms with Crippen LogP contribution in [0, 0.1) is 23.2 Å². The van der Waals surface area contributed by atoms with Gasteiger partial charge in [-0.2, -0.15) is 0 Å². The number of hydrogen-bond donors (Lipinski definition) is 2. The number of primary amides is 1. The molecule has 0 aromatic heterocycles. The Bertz CT molecular complexity index is 417. The zero-order chi connectivity index (χ0) is 17.1. The highest BCUT2D eigenvalue weighted by Gasteiger charge is 2.36. The quantitative estimate of drug-likeness (QED) is 0.790. The van der Waals surface area contributed by atoms with Crippen molar-refractivity contribution < 1.29 is 9.59 Å². The molecule has 1 aliphatic carbocycles. The Kier molecular flexibility index (Phi) is 6.05. The van der Waals surface area contributed by atoms with Gasteiger partial charge in [0.05, 0.1) is 0 Å². The number of nitrogens with one attached hydrogen (secondary N) is 1. The largest absolute Gasteiger partial charge is 0.368 e. The zero-order valence-electron chi connectivity index (χ0n) is 15.2.